The number of rotatable bonds is 3. The molecular formula is C16H18N2O2S2. The molecule has 1 aliphatic carbocycles. The normalized spacial score (nSPS) is 17.1. The van der Waals surface area contributed by atoms with Crippen molar-refractivity contribution in [2.75, 3.05) is 5.32 Å². The first kappa shape index (κ1) is 15.2. The predicted molar refractivity (Wildman–Crippen MR) is 91.0 cm³/mol. The summed E-state index contributed by atoms with van der Waals surface area (Å²) in [5, 5.41) is 3.48. The summed E-state index contributed by atoms with van der Waals surface area (Å²) in [5.41, 5.74) is 7.10. The van der Waals surface area contributed by atoms with E-state index in [0.29, 0.717) is 21.4 Å². The van der Waals surface area contributed by atoms with Gasteiger partial charge in [0.05, 0.1) is 10.4 Å². The van der Waals surface area contributed by atoms with Crippen LogP contribution in [0.1, 0.15) is 48.7 Å². The Labute approximate surface area is 137 Å². The predicted octanol–water partition coefficient (Wildman–Crippen LogP) is 3.59. The number of anilines is 1. The largest absolute Gasteiger partial charge is 0.365 e. The molecule has 0 spiro atoms. The van der Waals surface area contributed by atoms with E-state index in [4.69, 9.17) is 5.73 Å². The highest BCUT2D eigenvalue weighted by molar-refractivity contribution is 7.17. The van der Waals surface area contributed by atoms with Gasteiger partial charge in [-0.25, -0.2) is 0 Å². The molecule has 4 nitrogen and oxygen atoms in total. The third-order valence-electron chi connectivity index (χ3n) is 3.95. The van der Waals surface area contributed by atoms with E-state index in [0.717, 1.165) is 29.7 Å². The Hall–Kier alpha value is -1.66. The molecule has 2 amide bonds. The molecule has 1 atom stereocenters. The Balaban J connectivity index is 1.93. The number of carbonyl (C=O) groups is 2. The minimum Gasteiger partial charge on any atom is -0.365 e. The highest BCUT2D eigenvalue weighted by atomic mass is 32.1. The maximum Gasteiger partial charge on any atom is 0.266 e. The molecule has 0 aromatic carbocycles. The van der Waals surface area contributed by atoms with Gasteiger partial charge in [0.2, 0.25) is 0 Å². The molecule has 3 rings (SSSR count). The quantitative estimate of drug-likeness (QED) is 0.900. The zero-order valence-corrected chi connectivity index (χ0v) is 14.2. The first-order chi connectivity index (χ1) is 10.5. The Morgan fingerprint density at radius 3 is 2.73 bits per heavy atom. The smallest absolute Gasteiger partial charge is 0.266 e. The fraction of sp³-hybridized carbons (Fsp3) is 0.375. The van der Waals surface area contributed by atoms with E-state index in [-0.39, 0.29) is 5.91 Å². The minimum atomic E-state index is -0.454. The molecule has 116 valence electrons. The lowest BCUT2D eigenvalue weighted by atomic mass is 9.88. The molecule has 0 aliphatic heterocycles. The van der Waals surface area contributed by atoms with Gasteiger partial charge in [0.1, 0.15) is 5.00 Å². The lowest BCUT2D eigenvalue weighted by molar-refractivity contribution is 0.1000. The van der Waals surface area contributed by atoms with Gasteiger partial charge in [-0.1, -0.05) is 6.92 Å². The minimum absolute atomic E-state index is 0.174. The lowest BCUT2D eigenvalue weighted by Crippen LogP contribution is -2.19. The molecule has 2 aromatic heterocycles. The molecule has 3 N–H and O–H groups in total. The van der Waals surface area contributed by atoms with Crippen molar-refractivity contribution >= 4 is 39.5 Å². The molecule has 0 radical (unpaired) electrons. The van der Waals surface area contributed by atoms with E-state index in [1.165, 1.54) is 27.6 Å². The number of hydrogen-bond acceptors (Lipinski definition) is 4. The van der Waals surface area contributed by atoms with Gasteiger partial charge >= 0.3 is 0 Å². The second-order valence-electron chi connectivity index (χ2n) is 5.78. The Morgan fingerprint density at radius 1 is 1.32 bits per heavy atom. The molecule has 0 unspecified atom stereocenters. The second-order valence-corrected chi connectivity index (χ2v) is 8.18. The van der Waals surface area contributed by atoms with Crippen LogP contribution >= 0.6 is 22.7 Å². The fourth-order valence-electron chi connectivity index (χ4n) is 2.82. The van der Waals surface area contributed by atoms with Gasteiger partial charge in [-0.15, -0.1) is 22.7 Å². The van der Waals surface area contributed by atoms with Crippen molar-refractivity contribution in [1.82, 2.24) is 0 Å². The standard InChI is InChI=1S/C16H18N2O2S2/c1-8-3-5-10-12(7-8)22-16(13(10)14(17)19)18-15(20)11-6-4-9(2)21-11/h4,6,8H,3,5,7H2,1-2H3,(H2,17,19)(H,18,20)/t8-/m1/s1. The molecule has 0 fully saturated rings. The third kappa shape index (κ3) is 2.80. The van der Waals surface area contributed by atoms with Crippen LogP contribution in [0.5, 0.6) is 0 Å². The molecular weight excluding hydrogens is 316 g/mol. The van der Waals surface area contributed by atoms with Crippen molar-refractivity contribution in [1.29, 1.82) is 0 Å². The van der Waals surface area contributed by atoms with E-state index in [9.17, 15) is 9.59 Å². The summed E-state index contributed by atoms with van der Waals surface area (Å²) in [7, 11) is 0. The van der Waals surface area contributed by atoms with Crippen LogP contribution < -0.4 is 11.1 Å². The van der Waals surface area contributed by atoms with Crippen LogP contribution in [-0.2, 0) is 12.8 Å². The second kappa shape index (κ2) is 5.85. The van der Waals surface area contributed by atoms with Gasteiger partial charge in [0.25, 0.3) is 11.8 Å². The highest BCUT2D eigenvalue weighted by Crippen LogP contribution is 2.39. The maximum atomic E-state index is 12.3. The zero-order valence-electron chi connectivity index (χ0n) is 12.6. The van der Waals surface area contributed by atoms with Crippen LogP contribution in [0.2, 0.25) is 0 Å². The maximum absolute atomic E-state index is 12.3. The molecule has 2 aromatic rings. The van der Waals surface area contributed by atoms with Crippen molar-refractivity contribution in [2.24, 2.45) is 11.7 Å². The van der Waals surface area contributed by atoms with Gasteiger partial charge < -0.3 is 11.1 Å². The first-order valence-electron chi connectivity index (χ1n) is 7.28. The average molecular weight is 334 g/mol. The summed E-state index contributed by atoms with van der Waals surface area (Å²) in [6.07, 6.45) is 2.87. The molecule has 0 saturated heterocycles. The number of aryl methyl sites for hydroxylation is 1. The molecule has 22 heavy (non-hydrogen) atoms. The van der Waals surface area contributed by atoms with Crippen molar-refractivity contribution < 1.29 is 9.59 Å². The summed E-state index contributed by atoms with van der Waals surface area (Å²) >= 11 is 2.94. The summed E-state index contributed by atoms with van der Waals surface area (Å²) in [5.74, 6) is -0.0210. The summed E-state index contributed by atoms with van der Waals surface area (Å²) in [6.45, 7) is 4.17. The third-order valence-corrected chi connectivity index (χ3v) is 6.12. The summed E-state index contributed by atoms with van der Waals surface area (Å²) in [4.78, 5) is 27.1. The van der Waals surface area contributed by atoms with Crippen LogP contribution in [0.3, 0.4) is 0 Å². The van der Waals surface area contributed by atoms with E-state index in [1.54, 1.807) is 6.07 Å². The van der Waals surface area contributed by atoms with E-state index in [1.807, 2.05) is 13.0 Å². The Bertz CT molecular complexity index is 745. The Morgan fingerprint density at radius 2 is 2.09 bits per heavy atom. The number of hydrogen-bond donors (Lipinski definition) is 2. The number of nitrogens with one attached hydrogen (secondary N) is 1. The van der Waals surface area contributed by atoms with Gasteiger partial charge in [-0.05, 0) is 49.8 Å². The van der Waals surface area contributed by atoms with Crippen molar-refractivity contribution in [3.63, 3.8) is 0 Å². The van der Waals surface area contributed by atoms with E-state index >= 15 is 0 Å². The van der Waals surface area contributed by atoms with Crippen LogP contribution in [-0.4, -0.2) is 11.8 Å². The number of fused-ring (bicyclic) bond motifs is 1. The summed E-state index contributed by atoms with van der Waals surface area (Å²) < 4.78 is 0. The number of amides is 2. The first-order valence-corrected chi connectivity index (χ1v) is 8.91. The van der Waals surface area contributed by atoms with Gasteiger partial charge in [-0.2, -0.15) is 0 Å². The van der Waals surface area contributed by atoms with Gasteiger partial charge in [-0.3, -0.25) is 9.59 Å². The van der Waals surface area contributed by atoms with Crippen LogP contribution in [0.15, 0.2) is 12.1 Å². The Kier molecular flexibility index (Phi) is 4.06. The number of nitrogens with two attached hydrogens (primary N) is 1. The number of primary amides is 1. The van der Waals surface area contributed by atoms with E-state index < -0.39 is 5.91 Å². The number of carbonyl (C=O) groups excluding carboxylic acids is 2. The zero-order chi connectivity index (χ0) is 15.9. The molecule has 1 aliphatic rings. The van der Waals surface area contributed by atoms with Gasteiger partial charge in [0, 0.05) is 9.75 Å². The van der Waals surface area contributed by atoms with Crippen LogP contribution in [0.25, 0.3) is 0 Å². The topological polar surface area (TPSA) is 72.2 Å². The molecule has 6 heteroatoms. The fourth-order valence-corrected chi connectivity index (χ4v) is 4.99. The van der Waals surface area contributed by atoms with Gasteiger partial charge in [0.15, 0.2) is 0 Å². The number of thiophene rings is 2. The SMILES string of the molecule is Cc1ccc(C(=O)Nc2sc3c(c2C(N)=O)CC[C@@H](C)C3)s1. The molecule has 2 heterocycles. The van der Waals surface area contributed by atoms with Crippen molar-refractivity contribution in [3.8, 4) is 0 Å². The van der Waals surface area contributed by atoms with Crippen molar-refractivity contribution in [3.05, 3.63) is 37.9 Å². The highest BCUT2D eigenvalue weighted by Gasteiger charge is 2.27. The average Bonchev–Trinajstić information content (AvgIpc) is 3.01. The van der Waals surface area contributed by atoms with Crippen molar-refractivity contribution in [2.45, 2.75) is 33.1 Å². The lowest BCUT2D eigenvalue weighted by Gasteiger charge is -2.18. The molecule has 0 saturated carbocycles. The van der Waals surface area contributed by atoms with Crippen LogP contribution in [0.4, 0.5) is 5.00 Å². The summed E-state index contributed by atoms with van der Waals surface area (Å²) in [6, 6.07) is 3.71. The molecule has 0 bridgehead atoms. The van der Waals surface area contributed by atoms with E-state index in [2.05, 4.69) is 12.2 Å². The monoisotopic (exact) mass is 334 g/mol. The van der Waals surface area contributed by atoms with Crippen LogP contribution in [0, 0.1) is 12.8 Å².